The molecular weight excluding hydrogens is 246 g/mol. The van der Waals surface area contributed by atoms with Crippen molar-refractivity contribution in [3.8, 4) is 0 Å². The molecule has 1 N–H and O–H groups in total. The smallest absolute Gasteiger partial charge is 0.0480 e. The maximum Gasteiger partial charge on any atom is 0.0480 e. The van der Waals surface area contributed by atoms with Crippen LogP contribution in [0.2, 0.25) is 0 Å². The zero-order chi connectivity index (χ0) is 12.3. The third kappa shape index (κ3) is 3.59. The summed E-state index contributed by atoms with van der Waals surface area (Å²) in [7, 11) is 0. The Balaban J connectivity index is 2.05. The molecule has 0 saturated carbocycles. The summed E-state index contributed by atoms with van der Waals surface area (Å²) in [5.74, 6) is 2.52. The van der Waals surface area contributed by atoms with Crippen molar-refractivity contribution in [1.82, 2.24) is 0 Å². The van der Waals surface area contributed by atoms with E-state index in [1.807, 2.05) is 11.8 Å². The van der Waals surface area contributed by atoms with Crippen LogP contribution in [0.3, 0.4) is 0 Å². The second-order valence-electron chi connectivity index (χ2n) is 5.43. The van der Waals surface area contributed by atoms with Crippen LogP contribution in [-0.4, -0.2) is 23.8 Å². The van der Waals surface area contributed by atoms with Crippen LogP contribution < -0.4 is 5.32 Å². The maximum atomic E-state index is 3.71. The molecule has 0 amide bonds. The lowest BCUT2D eigenvalue weighted by molar-refractivity contribution is 0.358. The van der Waals surface area contributed by atoms with Gasteiger partial charge in [-0.2, -0.15) is 11.8 Å². The van der Waals surface area contributed by atoms with E-state index in [2.05, 4.69) is 61.4 Å². The molecule has 1 aromatic carbocycles. The van der Waals surface area contributed by atoms with E-state index in [-0.39, 0.29) is 0 Å². The highest BCUT2D eigenvalue weighted by Gasteiger charge is 2.28. The summed E-state index contributed by atoms with van der Waals surface area (Å²) in [6, 6.07) is 9.21. The van der Waals surface area contributed by atoms with Gasteiger partial charge in [0.1, 0.15) is 0 Å². The average Bonchev–Trinajstić information content (AvgIpc) is 2.28. The molecule has 3 heteroatoms. The summed E-state index contributed by atoms with van der Waals surface area (Å²) in [4.78, 5) is 1.35. The first-order valence-corrected chi connectivity index (χ1v) is 8.46. The van der Waals surface area contributed by atoms with Crippen LogP contribution in [0.4, 0.5) is 5.69 Å². The van der Waals surface area contributed by atoms with E-state index >= 15 is 0 Å². The van der Waals surface area contributed by atoms with Crippen molar-refractivity contribution in [2.45, 2.75) is 31.2 Å². The Morgan fingerprint density at radius 1 is 1.35 bits per heavy atom. The molecule has 1 atom stereocenters. The molecule has 94 valence electrons. The van der Waals surface area contributed by atoms with Gasteiger partial charge in [-0.15, -0.1) is 11.8 Å². The highest BCUT2D eigenvalue weighted by Crippen LogP contribution is 2.35. The van der Waals surface area contributed by atoms with Crippen LogP contribution in [0.15, 0.2) is 29.2 Å². The first kappa shape index (κ1) is 13.2. The zero-order valence-electron chi connectivity index (χ0n) is 10.8. The Morgan fingerprint density at radius 3 is 2.82 bits per heavy atom. The molecule has 0 radical (unpaired) electrons. The minimum Gasteiger partial charge on any atom is -0.381 e. The van der Waals surface area contributed by atoms with E-state index in [0.717, 1.165) is 0 Å². The molecule has 2 rings (SSSR count). The summed E-state index contributed by atoms with van der Waals surface area (Å²) in [6.07, 6.45) is 3.41. The van der Waals surface area contributed by atoms with E-state index in [9.17, 15) is 0 Å². The fourth-order valence-corrected chi connectivity index (χ4v) is 4.17. The summed E-state index contributed by atoms with van der Waals surface area (Å²) in [6.45, 7) is 4.74. The molecule has 0 aromatic heterocycles. The summed E-state index contributed by atoms with van der Waals surface area (Å²) in [5, 5.41) is 3.71. The van der Waals surface area contributed by atoms with Gasteiger partial charge in [-0.25, -0.2) is 0 Å². The average molecular weight is 267 g/mol. The quantitative estimate of drug-likeness (QED) is 0.818. The molecule has 1 aromatic rings. The van der Waals surface area contributed by atoms with Crippen LogP contribution in [0.1, 0.15) is 20.3 Å². The largest absolute Gasteiger partial charge is 0.381 e. The standard InChI is InChI=1S/C14H21NS2/c1-14(2)8-11(9-17-10-14)15-12-6-4-5-7-13(12)16-3/h4-7,11,15H,8-10H2,1-3H3. The van der Waals surface area contributed by atoms with Crippen molar-refractivity contribution in [2.75, 3.05) is 23.1 Å². The number of nitrogens with one attached hydrogen (secondary N) is 1. The first-order valence-electron chi connectivity index (χ1n) is 6.08. The van der Waals surface area contributed by atoms with Gasteiger partial charge in [-0.1, -0.05) is 26.0 Å². The summed E-state index contributed by atoms with van der Waals surface area (Å²) >= 11 is 3.89. The number of thioether (sulfide) groups is 2. The molecule has 1 aliphatic rings. The summed E-state index contributed by atoms with van der Waals surface area (Å²) < 4.78 is 0. The van der Waals surface area contributed by atoms with Gasteiger partial charge in [0.2, 0.25) is 0 Å². The second kappa shape index (κ2) is 5.57. The van der Waals surface area contributed by atoms with E-state index in [4.69, 9.17) is 0 Å². The van der Waals surface area contributed by atoms with Gasteiger partial charge in [-0.05, 0) is 36.0 Å². The lowest BCUT2D eigenvalue weighted by Crippen LogP contribution is -2.35. The highest BCUT2D eigenvalue weighted by atomic mass is 32.2. The van der Waals surface area contributed by atoms with E-state index in [0.29, 0.717) is 11.5 Å². The lowest BCUT2D eigenvalue weighted by atomic mass is 9.88. The molecule has 1 saturated heterocycles. The highest BCUT2D eigenvalue weighted by molar-refractivity contribution is 7.99. The van der Waals surface area contributed by atoms with Gasteiger partial charge in [0.15, 0.2) is 0 Å². The van der Waals surface area contributed by atoms with Crippen LogP contribution >= 0.6 is 23.5 Å². The third-order valence-electron chi connectivity index (χ3n) is 3.08. The van der Waals surface area contributed by atoms with Crippen LogP contribution in [0.5, 0.6) is 0 Å². The molecule has 17 heavy (non-hydrogen) atoms. The SMILES string of the molecule is CSc1ccccc1NC1CSCC(C)(C)C1. The minimum atomic E-state index is 0.467. The Hall–Kier alpha value is -0.280. The van der Waals surface area contributed by atoms with Gasteiger partial charge in [0, 0.05) is 22.4 Å². The lowest BCUT2D eigenvalue weighted by Gasteiger charge is -2.35. The molecule has 1 nitrogen and oxygen atoms in total. The van der Waals surface area contributed by atoms with Crippen LogP contribution in [0.25, 0.3) is 0 Å². The van der Waals surface area contributed by atoms with Gasteiger partial charge < -0.3 is 5.32 Å². The molecule has 0 aliphatic carbocycles. The molecule has 1 heterocycles. The predicted molar refractivity (Wildman–Crippen MR) is 81.4 cm³/mol. The Labute approximate surface area is 113 Å². The van der Waals surface area contributed by atoms with Gasteiger partial charge in [-0.3, -0.25) is 0 Å². The number of hydrogen-bond acceptors (Lipinski definition) is 3. The Bertz CT molecular complexity index is 376. The monoisotopic (exact) mass is 267 g/mol. The molecule has 0 bridgehead atoms. The number of benzene rings is 1. The number of anilines is 1. The maximum absolute atomic E-state index is 3.71. The van der Waals surface area contributed by atoms with E-state index in [1.165, 1.54) is 28.5 Å². The number of hydrogen-bond donors (Lipinski definition) is 1. The Morgan fingerprint density at radius 2 is 2.12 bits per heavy atom. The molecule has 1 aliphatic heterocycles. The Kier molecular flexibility index (Phi) is 4.31. The topological polar surface area (TPSA) is 12.0 Å². The van der Waals surface area contributed by atoms with E-state index in [1.54, 1.807) is 0 Å². The normalized spacial score (nSPS) is 23.4. The van der Waals surface area contributed by atoms with Crippen molar-refractivity contribution in [2.24, 2.45) is 5.41 Å². The van der Waals surface area contributed by atoms with Crippen molar-refractivity contribution in [1.29, 1.82) is 0 Å². The minimum absolute atomic E-state index is 0.467. The van der Waals surface area contributed by atoms with Crippen molar-refractivity contribution < 1.29 is 0 Å². The first-order chi connectivity index (χ1) is 8.11. The van der Waals surface area contributed by atoms with Crippen molar-refractivity contribution >= 4 is 29.2 Å². The van der Waals surface area contributed by atoms with Gasteiger partial charge in [0.05, 0.1) is 0 Å². The molecule has 1 fully saturated rings. The van der Waals surface area contributed by atoms with Crippen molar-refractivity contribution in [3.05, 3.63) is 24.3 Å². The molecule has 0 spiro atoms. The van der Waals surface area contributed by atoms with Gasteiger partial charge >= 0.3 is 0 Å². The van der Waals surface area contributed by atoms with Crippen molar-refractivity contribution in [3.63, 3.8) is 0 Å². The van der Waals surface area contributed by atoms with Crippen LogP contribution in [0, 0.1) is 5.41 Å². The van der Waals surface area contributed by atoms with Gasteiger partial charge in [0.25, 0.3) is 0 Å². The van der Waals surface area contributed by atoms with E-state index < -0.39 is 0 Å². The molecule has 1 unspecified atom stereocenters. The van der Waals surface area contributed by atoms with Crippen LogP contribution in [-0.2, 0) is 0 Å². The number of rotatable bonds is 3. The fraction of sp³-hybridized carbons (Fsp3) is 0.571. The fourth-order valence-electron chi connectivity index (χ4n) is 2.34. The molecular formula is C14H21NS2. The zero-order valence-corrected chi connectivity index (χ0v) is 12.5. The predicted octanol–water partition coefficient (Wildman–Crippen LogP) is 4.35. The number of para-hydroxylation sites is 1. The summed E-state index contributed by atoms with van der Waals surface area (Å²) in [5.41, 5.74) is 1.76. The second-order valence-corrected chi connectivity index (χ2v) is 7.30. The third-order valence-corrected chi connectivity index (χ3v) is 5.50.